The van der Waals surface area contributed by atoms with Crippen molar-refractivity contribution >= 4 is 34.4 Å². The Morgan fingerprint density at radius 2 is 1.79 bits per heavy atom. The number of nitrogens with one attached hydrogen (secondary N) is 1. The van der Waals surface area contributed by atoms with Gasteiger partial charge in [-0.25, -0.2) is 9.59 Å². The van der Waals surface area contributed by atoms with Gasteiger partial charge in [0.15, 0.2) is 12.3 Å². The van der Waals surface area contributed by atoms with Crippen molar-refractivity contribution in [3.8, 4) is 0 Å². The van der Waals surface area contributed by atoms with Crippen molar-refractivity contribution < 1.29 is 18.7 Å². The summed E-state index contributed by atoms with van der Waals surface area (Å²) in [5, 5.41) is 0.718. The van der Waals surface area contributed by atoms with Crippen LogP contribution in [0.4, 0.5) is 11.5 Å². The van der Waals surface area contributed by atoms with Crippen molar-refractivity contribution in [3.05, 3.63) is 92.8 Å². The van der Waals surface area contributed by atoms with Crippen LogP contribution in [0.1, 0.15) is 23.0 Å². The first-order valence-electron chi connectivity index (χ1n) is 10.5. The second-order valence-electron chi connectivity index (χ2n) is 7.43. The second-order valence-corrected chi connectivity index (χ2v) is 7.43. The summed E-state index contributed by atoms with van der Waals surface area (Å²) in [5.41, 5.74) is 5.75. The number of H-pyrrole nitrogens is 1. The predicted molar refractivity (Wildman–Crippen MR) is 126 cm³/mol. The molecule has 3 N–H and O–H groups in total. The molecule has 0 aliphatic rings. The van der Waals surface area contributed by atoms with E-state index < -0.39 is 29.7 Å². The van der Waals surface area contributed by atoms with Crippen LogP contribution in [0.5, 0.6) is 0 Å². The lowest BCUT2D eigenvalue weighted by Crippen LogP contribution is -2.42. The molecule has 4 rings (SSSR count). The molecule has 0 bridgehead atoms. The molecule has 1 amide bonds. The largest absolute Gasteiger partial charge is 0.450 e. The van der Waals surface area contributed by atoms with Gasteiger partial charge < -0.3 is 19.8 Å². The lowest BCUT2D eigenvalue weighted by atomic mass is 10.2. The Kier molecular flexibility index (Phi) is 6.30. The van der Waals surface area contributed by atoms with Gasteiger partial charge in [-0.3, -0.25) is 19.1 Å². The maximum absolute atomic E-state index is 12.9. The van der Waals surface area contributed by atoms with Crippen molar-refractivity contribution in [2.24, 2.45) is 0 Å². The van der Waals surface area contributed by atoms with Crippen molar-refractivity contribution in [2.45, 2.75) is 13.5 Å². The highest BCUT2D eigenvalue weighted by molar-refractivity contribution is 5.99. The highest BCUT2D eigenvalue weighted by atomic mass is 16.5. The van der Waals surface area contributed by atoms with Crippen LogP contribution >= 0.6 is 0 Å². The summed E-state index contributed by atoms with van der Waals surface area (Å²) in [6, 6.07) is 17.6. The summed E-state index contributed by atoms with van der Waals surface area (Å²) >= 11 is 0. The number of amides is 1. The van der Waals surface area contributed by atoms with E-state index in [1.807, 2.05) is 6.07 Å². The minimum Gasteiger partial charge on any atom is -0.450 e. The monoisotopic (exact) mass is 462 g/mol. The molecule has 2 aromatic heterocycles. The zero-order valence-corrected chi connectivity index (χ0v) is 18.3. The van der Waals surface area contributed by atoms with Crippen LogP contribution in [0.15, 0.2) is 74.7 Å². The first-order valence-corrected chi connectivity index (χ1v) is 10.5. The smallest absolute Gasteiger partial charge is 0.374 e. The number of esters is 1. The number of rotatable bonds is 7. The van der Waals surface area contributed by atoms with Gasteiger partial charge in [0.05, 0.1) is 6.54 Å². The average Bonchev–Trinajstić information content (AvgIpc) is 3.28. The van der Waals surface area contributed by atoms with Crippen LogP contribution in [-0.4, -0.2) is 34.6 Å². The van der Waals surface area contributed by atoms with Gasteiger partial charge in [-0.2, -0.15) is 0 Å². The molecule has 34 heavy (non-hydrogen) atoms. The number of likely N-dealkylation sites (N-methyl/N-ethyl adjacent to an activating group) is 1. The molecular formula is C24H22N4O6. The SMILES string of the molecule is CCN(C(=O)COC(=O)c1cc2ccccc2o1)c1c(N)n(Cc2ccccc2)c(=O)[nH]c1=O. The number of nitrogens with two attached hydrogens (primary N) is 1. The molecule has 0 spiro atoms. The maximum Gasteiger partial charge on any atom is 0.374 e. The van der Waals surface area contributed by atoms with Crippen molar-refractivity contribution in [3.63, 3.8) is 0 Å². The molecular weight excluding hydrogens is 440 g/mol. The fraction of sp³-hybridized carbons (Fsp3) is 0.167. The molecule has 2 heterocycles. The zero-order chi connectivity index (χ0) is 24.2. The molecule has 10 heteroatoms. The molecule has 0 fully saturated rings. The number of furan rings is 1. The van der Waals surface area contributed by atoms with E-state index in [0.29, 0.717) is 5.58 Å². The number of carbonyl (C=O) groups is 2. The number of aromatic amines is 1. The Labute approximate surface area is 193 Å². The Morgan fingerprint density at radius 3 is 2.50 bits per heavy atom. The van der Waals surface area contributed by atoms with Crippen molar-refractivity contribution in [1.29, 1.82) is 0 Å². The van der Waals surface area contributed by atoms with Crippen LogP contribution in [0, 0.1) is 0 Å². The summed E-state index contributed by atoms with van der Waals surface area (Å²) < 4.78 is 11.7. The highest BCUT2D eigenvalue weighted by Crippen LogP contribution is 2.20. The highest BCUT2D eigenvalue weighted by Gasteiger charge is 2.25. The number of benzene rings is 2. The summed E-state index contributed by atoms with van der Waals surface area (Å²) in [6.07, 6.45) is 0. The van der Waals surface area contributed by atoms with Crippen LogP contribution in [0.2, 0.25) is 0 Å². The number of hydrogen-bond donors (Lipinski definition) is 2. The molecule has 174 valence electrons. The van der Waals surface area contributed by atoms with E-state index in [1.165, 1.54) is 10.6 Å². The third-order valence-electron chi connectivity index (χ3n) is 5.24. The summed E-state index contributed by atoms with van der Waals surface area (Å²) in [6.45, 7) is 1.13. The molecule has 0 unspecified atom stereocenters. The normalized spacial score (nSPS) is 10.9. The number of ether oxygens (including phenoxy) is 1. The quantitative estimate of drug-likeness (QED) is 0.401. The predicted octanol–water partition coefficient (Wildman–Crippen LogP) is 2.12. The van der Waals surface area contributed by atoms with Gasteiger partial charge >= 0.3 is 11.7 Å². The van der Waals surface area contributed by atoms with E-state index in [1.54, 1.807) is 55.5 Å². The molecule has 0 aliphatic heterocycles. The van der Waals surface area contributed by atoms with E-state index in [9.17, 15) is 19.2 Å². The molecule has 10 nitrogen and oxygen atoms in total. The molecule has 4 aromatic rings. The lowest BCUT2D eigenvalue weighted by Gasteiger charge is -2.23. The molecule has 0 aliphatic carbocycles. The Hall–Kier alpha value is -4.60. The summed E-state index contributed by atoms with van der Waals surface area (Å²) in [5.74, 6) is -1.73. The maximum atomic E-state index is 12.9. The van der Waals surface area contributed by atoms with Gasteiger partial charge in [-0.05, 0) is 24.6 Å². The molecule has 0 atom stereocenters. The Morgan fingerprint density at radius 1 is 1.09 bits per heavy atom. The molecule has 0 radical (unpaired) electrons. The molecule has 2 aromatic carbocycles. The number of aromatic nitrogens is 2. The van der Waals surface area contributed by atoms with Crippen LogP contribution in [0.25, 0.3) is 11.0 Å². The summed E-state index contributed by atoms with van der Waals surface area (Å²) in [4.78, 5) is 53.5. The van der Waals surface area contributed by atoms with Gasteiger partial charge in [0.2, 0.25) is 5.76 Å². The minimum atomic E-state index is -0.823. The van der Waals surface area contributed by atoms with E-state index in [4.69, 9.17) is 14.9 Å². The van der Waals surface area contributed by atoms with Crippen LogP contribution in [-0.2, 0) is 16.1 Å². The van der Waals surface area contributed by atoms with Crippen molar-refractivity contribution in [1.82, 2.24) is 9.55 Å². The van der Waals surface area contributed by atoms with Crippen LogP contribution in [0.3, 0.4) is 0 Å². The number of nitrogens with zero attached hydrogens (tertiary/aromatic N) is 2. The minimum absolute atomic E-state index is 0.0502. The van der Waals surface area contributed by atoms with Gasteiger partial charge in [0.1, 0.15) is 11.4 Å². The number of fused-ring (bicyclic) bond motifs is 1. The van der Waals surface area contributed by atoms with E-state index >= 15 is 0 Å². The van der Waals surface area contributed by atoms with Crippen molar-refractivity contribution in [2.75, 3.05) is 23.8 Å². The zero-order valence-electron chi connectivity index (χ0n) is 18.3. The number of nitrogen functional groups attached to an aromatic ring is 1. The second kappa shape index (κ2) is 9.49. The van der Waals surface area contributed by atoms with Gasteiger partial charge in [-0.15, -0.1) is 0 Å². The van der Waals surface area contributed by atoms with Gasteiger partial charge in [0.25, 0.3) is 11.5 Å². The first-order chi connectivity index (χ1) is 16.4. The lowest BCUT2D eigenvalue weighted by molar-refractivity contribution is -0.121. The Balaban J connectivity index is 1.55. The number of para-hydroxylation sites is 1. The van der Waals surface area contributed by atoms with Gasteiger partial charge in [0, 0.05) is 11.9 Å². The summed E-state index contributed by atoms with van der Waals surface area (Å²) in [7, 11) is 0. The van der Waals surface area contributed by atoms with Gasteiger partial charge in [-0.1, -0.05) is 48.5 Å². The first kappa shape index (κ1) is 22.6. The molecule has 0 saturated heterocycles. The number of carbonyl (C=O) groups excluding carboxylic acids is 2. The third-order valence-corrected chi connectivity index (χ3v) is 5.24. The topological polar surface area (TPSA) is 141 Å². The fourth-order valence-electron chi connectivity index (χ4n) is 3.58. The van der Waals surface area contributed by atoms with Crippen LogP contribution < -0.4 is 21.9 Å². The average molecular weight is 462 g/mol. The standard InChI is InChI=1S/C24H22N4O6/c1-2-27(19(29)14-33-23(31)18-12-16-10-6-7-11-17(16)34-18)20-21(25)28(24(32)26-22(20)30)13-15-8-4-3-5-9-15/h3-12H,2,13-14,25H2,1H3,(H,26,30,32). The van der Waals surface area contributed by atoms with E-state index in [-0.39, 0.29) is 30.4 Å². The fourth-order valence-corrected chi connectivity index (χ4v) is 3.58. The Bertz CT molecular complexity index is 1440. The third kappa shape index (κ3) is 4.46. The van der Waals surface area contributed by atoms with E-state index in [2.05, 4.69) is 4.98 Å². The number of hydrogen-bond acceptors (Lipinski definition) is 7. The molecule has 0 saturated carbocycles. The van der Waals surface area contributed by atoms with E-state index in [0.717, 1.165) is 15.8 Å². The number of anilines is 2.